The van der Waals surface area contributed by atoms with Gasteiger partial charge in [-0.15, -0.1) is 0 Å². The smallest absolute Gasteiger partial charge is 0.257 e. The SMILES string of the molecule is CCNC(=O)CN(C)C(=O)c1ccncc1F. The molecule has 1 heterocycles. The molecule has 5 nitrogen and oxygen atoms in total. The van der Waals surface area contributed by atoms with Crippen molar-refractivity contribution in [3.63, 3.8) is 0 Å². The molecule has 0 bridgehead atoms. The number of hydrogen-bond acceptors (Lipinski definition) is 3. The molecule has 0 spiro atoms. The van der Waals surface area contributed by atoms with Crippen LogP contribution < -0.4 is 5.32 Å². The van der Waals surface area contributed by atoms with Crippen LogP contribution in [-0.2, 0) is 4.79 Å². The lowest BCUT2D eigenvalue weighted by Crippen LogP contribution is -2.38. The van der Waals surface area contributed by atoms with Gasteiger partial charge in [0.2, 0.25) is 5.91 Å². The number of halogens is 1. The summed E-state index contributed by atoms with van der Waals surface area (Å²) >= 11 is 0. The molecule has 1 N–H and O–H groups in total. The maximum Gasteiger partial charge on any atom is 0.257 e. The topological polar surface area (TPSA) is 62.3 Å². The highest BCUT2D eigenvalue weighted by atomic mass is 19.1. The molecule has 0 atom stereocenters. The fourth-order valence-electron chi connectivity index (χ4n) is 1.29. The third-order valence-corrected chi connectivity index (χ3v) is 2.10. The minimum atomic E-state index is -0.694. The molecule has 0 aliphatic carbocycles. The van der Waals surface area contributed by atoms with Crippen molar-refractivity contribution in [3.05, 3.63) is 29.8 Å². The van der Waals surface area contributed by atoms with E-state index in [2.05, 4.69) is 10.3 Å². The highest BCUT2D eigenvalue weighted by Crippen LogP contribution is 2.07. The van der Waals surface area contributed by atoms with E-state index in [-0.39, 0.29) is 18.0 Å². The van der Waals surface area contributed by atoms with Gasteiger partial charge in [-0.1, -0.05) is 0 Å². The number of aromatic nitrogens is 1. The lowest BCUT2D eigenvalue weighted by Gasteiger charge is -2.16. The number of rotatable bonds is 4. The third kappa shape index (κ3) is 3.51. The monoisotopic (exact) mass is 239 g/mol. The maximum atomic E-state index is 13.3. The number of carbonyl (C=O) groups excluding carboxylic acids is 2. The van der Waals surface area contributed by atoms with Gasteiger partial charge < -0.3 is 10.2 Å². The summed E-state index contributed by atoms with van der Waals surface area (Å²) in [4.78, 5) is 27.8. The molecule has 1 aromatic heterocycles. The zero-order valence-electron chi connectivity index (χ0n) is 9.74. The molecule has 0 radical (unpaired) electrons. The summed E-state index contributed by atoms with van der Waals surface area (Å²) in [5.74, 6) is -1.52. The molecule has 0 fully saturated rings. The van der Waals surface area contributed by atoms with E-state index in [0.717, 1.165) is 11.1 Å². The molecule has 0 saturated carbocycles. The van der Waals surface area contributed by atoms with E-state index in [1.807, 2.05) is 0 Å². The molecule has 0 aliphatic rings. The average molecular weight is 239 g/mol. The van der Waals surface area contributed by atoms with Crippen molar-refractivity contribution in [3.8, 4) is 0 Å². The van der Waals surface area contributed by atoms with E-state index in [0.29, 0.717) is 6.54 Å². The summed E-state index contributed by atoms with van der Waals surface area (Å²) in [6.45, 7) is 2.17. The molecule has 6 heteroatoms. The predicted molar refractivity (Wildman–Crippen MR) is 59.8 cm³/mol. The largest absolute Gasteiger partial charge is 0.355 e. The van der Waals surface area contributed by atoms with Crippen LogP contribution in [0.5, 0.6) is 0 Å². The van der Waals surface area contributed by atoms with Crippen LogP contribution in [0.2, 0.25) is 0 Å². The summed E-state index contributed by atoms with van der Waals surface area (Å²) in [5.41, 5.74) is -0.0909. The van der Waals surface area contributed by atoms with Crippen molar-refractivity contribution in [1.82, 2.24) is 15.2 Å². The van der Waals surface area contributed by atoms with Crippen molar-refractivity contribution < 1.29 is 14.0 Å². The number of pyridine rings is 1. The van der Waals surface area contributed by atoms with Gasteiger partial charge in [0.1, 0.15) is 0 Å². The quantitative estimate of drug-likeness (QED) is 0.828. The molecular weight excluding hydrogens is 225 g/mol. The Bertz CT molecular complexity index is 423. The molecule has 0 saturated heterocycles. The Hall–Kier alpha value is -1.98. The lowest BCUT2D eigenvalue weighted by molar-refractivity contribution is -0.121. The van der Waals surface area contributed by atoms with Gasteiger partial charge in [0.25, 0.3) is 5.91 Å². The van der Waals surface area contributed by atoms with Crippen molar-refractivity contribution in [1.29, 1.82) is 0 Å². The zero-order chi connectivity index (χ0) is 12.8. The van der Waals surface area contributed by atoms with Gasteiger partial charge in [0, 0.05) is 19.8 Å². The fraction of sp³-hybridized carbons (Fsp3) is 0.364. The number of hydrogen-bond donors (Lipinski definition) is 1. The minimum Gasteiger partial charge on any atom is -0.355 e. The molecule has 0 aliphatic heterocycles. The standard InChI is InChI=1S/C11H14FN3O2/c1-3-14-10(16)7-15(2)11(17)8-4-5-13-6-9(8)12/h4-6H,3,7H2,1-2H3,(H,14,16). The predicted octanol–water partition coefficient (Wildman–Crippen LogP) is 0.429. The normalized spacial score (nSPS) is 9.82. The molecule has 0 unspecified atom stereocenters. The van der Waals surface area contributed by atoms with Crippen LogP contribution in [0.1, 0.15) is 17.3 Å². The highest BCUT2D eigenvalue weighted by molar-refractivity contribution is 5.96. The van der Waals surface area contributed by atoms with Crippen LogP contribution in [0.25, 0.3) is 0 Å². The van der Waals surface area contributed by atoms with Crippen LogP contribution in [0, 0.1) is 5.82 Å². The van der Waals surface area contributed by atoms with E-state index in [1.165, 1.54) is 19.3 Å². The molecule has 92 valence electrons. The van der Waals surface area contributed by atoms with Crippen molar-refractivity contribution in [2.45, 2.75) is 6.92 Å². The van der Waals surface area contributed by atoms with Gasteiger partial charge in [0.05, 0.1) is 18.3 Å². The minimum absolute atomic E-state index is 0.0909. The first-order valence-electron chi connectivity index (χ1n) is 5.18. The second-order valence-corrected chi connectivity index (χ2v) is 3.47. The van der Waals surface area contributed by atoms with E-state index in [1.54, 1.807) is 6.92 Å². The number of carbonyl (C=O) groups is 2. The van der Waals surface area contributed by atoms with Crippen molar-refractivity contribution >= 4 is 11.8 Å². The maximum absolute atomic E-state index is 13.3. The Balaban J connectivity index is 2.70. The Kier molecular flexibility index (Phi) is 4.56. The van der Waals surface area contributed by atoms with Gasteiger partial charge in [0.15, 0.2) is 5.82 Å². The number of likely N-dealkylation sites (N-methyl/N-ethyl adjacent to an activating group) is 2. The molecule has 17 heavy (non-hydrogen) atoms. The van der Waals surface area contributed by atoms with Gasteiger partial charge >= 0.3 is 0 Å². The van der Waals surface area contributed by atoms with Gasteiger partial charge in [-0.3, -0.25) is 14.6 Å². The van der Waals surface area contributed by atoms with Crippen LogP contribution in [0.15, 0.2) is 18.5 Å². The number of nitrogens with zero attached hydrogens (tertiary/aromatic N) is 2. The summed E-state index contributed by atoms with van der Waals surface area (Å²) in [5, 5.41) is 2.56. The Morgan fingerprint density at radius 1 is 1.53 bits per heavy atom. The highest BCUT2D eigenvalue weighted by Gasteiger charge is 2.17. The zero-order valence-corrected chi connectivity index (χ0v) is 9.74. The molecule has 1 rings (SSSR count). The van der Waals surface area contributed by atoms with E-state index in [9.17, 15) is 14.0 Å². The van der Waals surface area contributed by atoms with Gasteiger partial charge in [-0.2, -0.15) is 0 Å². The Morgan fingerprint density at radius 2 is 2.24 bits per heavy atom. The van der Waals surface area contributed by atoms with Gasteiger partial charge in [-0.05, 0) is 13.0 Å². The first-order chi connectivity index (χ1) is 8.06. The first-order valence-corrected chi connectivity index (χ1v) is 5.18. The third-order valence-electron chi connectivity index (χ3n) is 2.10. The fourth-order valence-corrected chi connectivity index (χ4v) is 1.29. The summed E-state index contributed by atoms with van der Waals surface area (Å²) in [6, 6.07) is 1.28. The summed E-state index contributed by atoms with van der Waals surface area (Å²) in [7, 11) is 1.44. The Labute approximate surface area is 98.6 Å². The lowest BCUT2D eigenvalue weighted by atomic mass is 10.2. The van der Waals surface area contributed by atoms with E-state index >= 15 is 0 Å². The van der Waals surface area contributed by atoms with Crippen LogP contribution in [0.4, 0.5) is 4.39 Å². The second kappa shape index (κ2) is 5.93. The molecular formula is C11H14FN3O2. The number of nitrogens with one attached hydrogen (secondary N) is 1. The average Bonchev–Trinajstić information content (AvgIpc) is 2.29. The number of amides is 2. The van der Waals surface area contributed by atoms with Crippen LogP contribution >= 0.6 is 0 Å². The van der Waals surface area contributed by atoms with E-state index < -0.39 is 11.7 Å². The molecule has 2 amide bonds. The summed E-state index contributed by atoms with van der Waals surface area (Å²) < 4.78 is 13.3. The van der Waals surface area contributed by atoms with Crippen LogP contribution in [0.3, 0.4) is 0 Å². The molecule has 0 aromatic carbocycles. The molecule has 1 aromatic rings. The van der Waals surface area contributed by atoms with Crippen molar-refractivity contribution in [2.24, 2.45) is 0 Å². The van der Waals surface area contributed by atoms with Crippen molar-refractivity contribution in [2.75, 3.05) is 20.1 Å². The van der Waals surface area contributed by atoms with Crippen LogP contribution in [-0.4, -0.2) is 41.8 Å². The Morgan fingerprint density at radius 3 is 2.82 bits per heavy atom. The van der Waals surface area contributed by atoms with E-state index in [4.69, 9.17) is 0 Å². The first kappa shape index (κ1) is 13.1. The second-order valence-electron chi connectivity index (χ2n) is 3.47. The summed E-state index contributed by atoms with van der Waals surface area (Å²) in [6.07, 6.45) is 2.30. The van der Waals surface area contributed by atoms with Gasteiger partial charge in [-0.25, -0.2) is 4.39 Å².